The lowest BCUT2D eigenvalue weighted by Gasteiger charge is -2.32. The second-order valence-corrected chi connectivity index (χ2v) is 15.9. The molecule has 0 aliphatic carbocycles. The summed E-state index contributed by atoms with van der Waals surface area (Å²) in [5, 5.41) is 5.22. The highest BCUT2D eigenvalue weighted by Gasteiger charge is 2.50. The van der Waals surface area contributed by atoms with Crippen molar-refractivity contribution in [3.05, 3.63) is 0 Å². The first-order valence-corrected chi connectivity index (χ1v) is 15.9. The molecule has 1 rings (SSSR count). The van der Waals surface area contributed by atoms with Crippen LogP contribution in [-0.2, 0) is 33.1 Å². The minimum absolute atomic E-state index is 0.0602. The van der Waals surface area contributed by atoms with Gasteiger partial charge in [0.2, 0.25) is 5.91 Å². The lowest BCUT2D eigenvalue weighted by Crippen LogP contribution is -2.49. The summed E-state index contributed by atoms with van der Waals surface area (Å²) in [6.07, 6.45) is 1.39. The lowest BCUT2D eigenvalue weighted by molar-refractivity contribution is -0.156. The van der Waals surface area contributed by atoms with Gasteiger partial charge in [0.1, 0.15) is 22.8 Å². The highest BCUT2D eigenvalue weighted by molar-refractivity contribution is 6.45. The Morgan fingerprint density at radius 1 is 0.778 bits per heavy atom. The van der Waals surface area contributed by atoms with Crippen LogP contribution in [0.5, 0.6) is 0 Å². The van der Waals surface area contributed by atoms with Gasteiger partial charge in [-0.2, -0.15) is 0 Å². The number of primary amides is 1. The van der Waals surface area contributed by atoms with E-state index in [0.717, 1.165) is 19.2 Å². The van der Waals surface area contributed by atoms with Gasteiger partial charge in [0.25, 0.3) is 0 Å². The molecule has 3 amide bonds. The summed E-state index contributed by atoms with van der Waals surface area (Å²) >= 11 is 0. The molecule has 0 bridgehead atoms. The molecule has 1 aliphatic heterocycles. The first-order valence-electron chi connectivity index (χ1n) is 15.9. The van der Waals surface area contributed by atoms with E-state index in [-0.39, 0.29) is 42.5 Å². The van der Waals surface area contributed by atoms with Gasteiger partial charge in [-0.3, -0.25) is 9.59 Å². The number of rotatable bonds is 11. The molecule has 262 valence electrons. The van der Waals surface area contributed by atoms with Gasteiger partial charge in [0.05, 0.1) is 17.6 Å². The number of ether oxygens (including phenoxy) is 3. The van der Waals surface area contributed by atoms with Crippen molar-refractivity contribution < 1.29 is 42.7 Å². The molecule has 1 aliphatic rings. The normalized spacial score (nSPS) is 17.4. The average molecular weight is 644 g/mol. The number of nitrogens with one attached hydrogen (secondary N) is 2. The molecular weight excluding hydrogens is 581 g/mol. The maximum absolute atomic E-state index is 12.3. The summed E-state index contributed by atoms with van der Waals surface area (Å²) in [5.41, 5.74) is 2.74. The van der Waals surface area contributed by atoms with Crippen LogP contribution in [0.3, 0.4) is 0 Å². The van der Waals surface area contributed by atoms with E-state index in [0.29, 0.717) is 6.54 Å². The van der Waals surface area contributed by atoms with Crippen LogP contribution in [0.25, 0.3) is 0 Å². The predicted molar refractivity (Wildman–Crippen MR) is 176 cm³/mol. The molecule has 1 fully saturated rings. The van der Waals surface area contributed by atoms with Crippen LogP contribution in [0.2, 0.25) is 6.32 Å². The van der Waals surface area contributed by atoms with Crippen molar-refractivity contribution in [2.75, 3.05) is 6.54 Å². The minimum Gasteiger partial charge on any atom is -0.460 e. The molecule has 0 spiro atoms. The van der Waals surface area contributed by atoms with E-state index in [4.69, 9.17) is 29.3 Å². The smallest absolute Gasteiger partial charge is 0.457 e. The molecule has 13 heteroatoms. The van der Waals surface area contributed by atoms with Crippen LogP contribution >= 0.6 is 0 Å². The van der Waals surface area contributed by atoms with Crippen molar-refractivity contribution >= 4 is 31.2 Å². The van der Waals surface area contributed by atoms with E-state index in [1.807, 2.05) is 69.2 Å². The van der Waals surface area contributed by atoms with Gasteiger partial charge in [-0.15, -0.1) is 0 Å². The molecule has 0 saturated carbocycles. The Balaban J connectivity index is 0.00000109. The van der Waals surface area contributed by atoms with Gasteiger partial charge in [0, 0.05) is 6.54 Å². The van der Waals surface area contributed by atoms with Crippen molar-refractivity contribution in [2.24, 2.45) is 17.6 Å². The van der Waals surface area contributed by atoms with E-state index in [1.165, 1.54) is 0 Å². The lowest BCUT2D eigenvalue weighted by atomic mass is 9.80. The maximum Gasteiger partial charge on any atom is 0.457 e. The van der Waals surface area contributed by atoms with Gasteiger partial charge < -0.3 is 39.9 Å². The molecule has 0 aromatic rings. The maximum atomic E-state index is 12.3. The van der Waals surface area contributed by atoms with Crippen LogP contribution in [0.4, 0.5) is 9.59 Å². The fourth-order valence-corrected chi connectivity index (χ4v) is 4.09. The largest absolute Gasteiger partial charge is 0.460 e. The second kappa shape index (κ2) is 16.9. The standard InChI is InChI=1S/C22H42BNO6.C10H20N2O3/c1-19(2,3)27-17(25)14-16(15-24-18(26)28-20(4,5)6)12-11-13-23-29-21(7,8)22(9,10)30-23;1-6(2)7(8(11)13)12-9(14)15-10(3,4)5/h16H,11-15H2,1-10H3,(H,24,26);6-7H,1-5H3,(H2,11,13)(H,12,14)/t16-;/m1./s1. The second-order valence-electron chi connectivity index (χ2n) is 15.9. The zero-order valence-electron chi connectivity index (χ0n) is 30.6. The monoisotopic (exact) mass is 643 g/mol. The molecule has 1 unspecified atom stereocenters. The Labute approximate surface area is 272 Å². The van der Waals surface area contributed by atoms with Crippen LogP contribution in [0.15, 0.2) is 0 Å². The van der Waals surface area contributed by atoms with E-state index in [2.05, 4.69) is 10.6 Å². The molecule has 0 aromatic heterocycles. The number of nitrogens with two attached hydrogens (primary N) is 1. The average Bonchev–Trinajstić information content (AvgIpc) is 2.98. The molecule has 0 aromatic carbocycles. The SMILES string of the molecule is CC(C)(C)OC(=O)C[C@@H](CCCB1OC(C)(C)C(C)(C)O1)CNC(=O)OC(C)(C)C.CC(C)C(NC(=O)OC(C)(C)C)C(N)=O. The predicted octanol–water partition coefficient (Wildman–Crippen LogP) is 5.75. The van der Waals surface area contributed by atoms with Gasteiger partial charge in [-0.25, -0.2) is 9.59 Å². The first-order chi connectivity index (χ1) is 20.0. The van der Waals surface area contributed by atoms with E-state index in [1.54, 1.807) is 34.6 Å². The number of esters is 1. The number of carbonyl (C=O) groups is 4. The summed E-state index contributed by atoms with van der Waals surface area (Å²) in [5.74, 6) is -0.949. The van der Waals surface area contributed by atoms with Gasteiger partial charge in [-0.05, 0) is 115 Å². The van der Waals surface area contributed by atoms with Crippen molar-refractivity contribution in [2.45, 2.75) is 163 Å². The van der Waals surface area contributed by atoms with E-state index in [9.17, 15) is 19.2 Å². The van der Waals surface area contributed by atoms with Crippen LogP contribution < -0.4 is 16.4 Å². The Bertz CT molecular complexity index is 964. The van der Waals surface area contributed by atoms with Crippen LogP contribution in [0, 0.1) is 11.8 Å². The summed E-state index contributed by atoms with van der Waals surface area (Å²) in [7, 11) is -0.268. The number of hydrogen-bond donors (Lipinski definition) is 3. The van der Waals surface area contributed by atoms with Crippen molar-refractivity contribution in [3.8, 4) is 0 Å². The van der Waals surface area contributed by atoms with Crippen molar-refractivity contribution in [3.63, 3.8) is 0 Å². The van der Waals surface area contributed by atoms with Crippen LogP contribution in [0.1, 0.15) is 123 Å². The third kappa shape index (κ3) is 18.9. The van der Waals surface area contributed by atoms with E-state index < -0.39 is 40.9 Å². The molecule has 4 N–H and O–H groups in total. The Kier molecular flexibility index (Phi) is 15.9. The topological polar surface area (TPSA) is 165 Å². The number of carbonyl (C=O) groups excluding carboxylic acids is 4. The summed E-state index contributed by atoms with van der Waals surface area (Å²) in [6, 6.07) is -0.695. The third-order valence-electron chi connectivity index (χ3n) is 6.81. The molecule has 12 nitrogen and oxygen atoms in total. The third-order valence-corrected chi connectivity index (χ3v) is 6.81. The highest BCUT2D eigenvalue weighted by atomic mass is 16.7. The number of hydrogen-bond acceptors (Lipinski definition) is 9. The number of amides is 3. The van der Waals surface area contributed by atoms with Gasteiger partial charge in [-0.1, -0.05) is 20.3 Å². The van der Waals surface area contributed by atoms with E-state index >= 15 is 0 Å². The Morgan fingerprint density at radius 3 is 1.62 bits per heavy atom. The quantitative estimate of drug-likeness (QED) is 0.144. The number of alkyl carbamates (subject to hydrolysis) is 2. The zero-order valence-corrected chi connectivity index (χ0v) is 30.6. The summed E-state index contributed by atoms with van der Waals surface area (Å²) < 4.78 is 27.9. The summed E-state index contributed by atoms with van der Waals surface area (Å²) in [4.78, 5) is 46.7. The first kappa shape index (κ1) is 42.5. The fraction of sp³-hybridized carbons (Fsp3) is 0.875. The molecule has 45 heavy (non-hydrogen) atoms. The molecule has 1 heterocycles. The zero-order chi connectivity index (χ0) is 35.6. The van der Waals surface area contributed by atoms with Crippen molar-refractivity contribution in [1.29, 1.82) is 0 Å². The Morgan fingerprint density at radius 2 is 1.22 bits per heavy atom. The van der Waals surface area contributed by atoms with Crippen LogP contribution in [-0.4, -0.2) is 71.8 Å². The molecule has 0 radical (unpaired) electrons. The van der Waals surface area contributed by atoms with Gasteiger partial charge >= 0.3 is 25.3 Å². The molecule has 1 saturated heterocycles. The van der Waals surface area contributed by atoms with Gasteiger partial charge in [0.15, 0.2) is 0 Å². The Hall–Kier alpha value is -2.54. The summed E-state index contributed by atoms with van der Waals surface area (Å²) in [6.45, 7) is 28.3. The minimum atomic E-state index is -0.695. The fourth-order valence-electron chi connectivity index (χ4n) is 4.09. The highest BCUT2D eigenvalue weighted by Crippen LogP contribution is 2.38. The molecular formula is C32H62BN3O9. The molecule has 2 atom stereocenters. The van der Waals surface area contributed by atoms with Crippen molar-refractivity contribution in [1.82, 2.24) is 10.6 Å².